The summed E-state index contributed by atoms with van der Waals surface area (Å²) in [6.07, 6.45) is 6.35. The van der Waals surface area contributed by atoms with Crippen LogP contribution in [0.2, 0.25) is 0 Å². The molecule has 0 unspecified atom stereocenters. The highest BCUT2D eigenvalue weighted by Crippen LogP contribution is 2.42. The Morgan fingerprint density at radius 1 is 1.13 bits per heavy atom. The first-order valence-corrected chi connectivity index (χ1v) is 9.00. The first-order chi connectivity index (χ1) is 14.5. The lowest BCUT2D eigenvalue weighted by molar-refractivity contribution is 0.101. The molecule has 1 aliphatic heterocycles. The molecule has 0 fully saturated rings. The molecule has 148 valence electrons. The summed E-state index contributed by atoms with van der Waals surface area (Å²) in [7, 11) is 1.58. The quantitative estimate of drug-likeness (QED) is 0.448. The lowest BCUT2D eigenvalue weighted by Gasteiger charge is -2.03. The molecule has 3 heterocycles. The molecule has 5 rings (SSSR count). The van der Waals surface area contributed by atoms with Crippen molar-refractivity contribution in [2.75, 3.05) is 7.11 Å². The van der Waals surface area contributed by atoms with Gasteiger partial charge in [-0.3, -0.25) is 4.79 Å². The van der Waals surface area contributed by atoms with Gasteiger partial charge >= 0.3 is 0 Å². The molecule has 0 bridgehead atoms. The monoisotopic (exact) mass is 401 g/mol. The number of nitrogens with one attached hydrogen (secondary N) is 1. The molecule has 4 aromatic rings. The maximum absolute atomic E-state index is 12.9. The third-order valence-corrected chi connectivity index (χ3v) is 4.91. The fourth-order valence-corrected chi connectivity index (χ4v) is 3.53. The number of Topliss-reactive ketones (excluding diaryl/α,β-unsaturated/α-hetero) is 1. The van der Waals surface area contributed by atoms with E-state index in [1.807, 2.05) is 18.2 Å². The molecule has 0 saturated carbocycles. The second-order valence-corrected chi connectivity index (χ2v) is 6.73. The lowest BCUT2D eigenvalue weighted by atomic mass is 10.0. The number of hydrogen-bond acceptors (Lipinski definition) is 7. The van der Waals surface area contributed by atoms with Gasteiger partial charge < -0.3 is 24.7 Å². The van der Waals surface area contributed by atoms with E-state index in [4.69, 9.17) is 9.47 Å². The fraction of sp³-hybridized carbons (Fsp3) is 0.0455. The maximum Gasteiger partial charge on any atom is 0.235 e. The first kappa shape index (κ1) is 17.7. The zero-order valence-electron chi connectivity index (χ0n) is 15.7. The van der Waals surface area contributed by atoms with Gasteiger partial charge in [-0.15, -0.1) is 0 Å². The van der Waals surface area contributed by atoms with E-state index >= 15 is 0 Å². The molecule has 0 radical (unpaired) electrons. The minimum absolute atomic E-state index is 0.0149. The molecule has 2 aromatic heterocycles. The number of phenols is 2. The van der Waals surface area contributed by atoms with Crippen LogP contribution >= 0.6 is 0 Å². The lowest BCUT2D eigenvalue weighted by Crippen LogP contribution is -1.98. The Labute approximate surface area is 170 Å². The summed E-state index contributed by atoms with van der Waals surface area (Å²) in [6.45, 7) is 0. The Bertz CT molecular complexity index is 1340. The van der Waals surface area contributed by atoms with Crippen LogP contribution in [-0.4, -0.2) is 38.1 Å². The number of aromatic amines is 1. The Morgan fingerprint density at radius 3 is 2.70 bits per heavy atom. The van der Waals surface area contributed by atoms with Gasteiger partial charge in [-0.25, -0.2) is 9.97 Å². The summed E-state index contributed by atoms with van der Waals surface area (Å²) in [5.74, 6) is -0.232. The number of benzene rings is 2. The van der Waals surface area contributed by atoms with Gasteiger partial charge in [0.1, 0.15) is 34.9 Å². The van der Waals surface area contributed by atoms with Crippen LogP contribution in [0.25, 0.3) is 28.2 Å². The second-order valence-electron chi connectivity index (χ2n) is 6.73. The van der Waals surface area contributed by atoms with Gasteiger partial charge in [-0.05, 0) is 24.3 Å². The van der Waals surface area contributed by atoms with E-state index in [9.17, 15) is 15.0 Å². The standard InChI is InChI=1S/C22H15N3O5/c1-29-13-2-3-16-14(6-13)15(21(25-16)11-8-23-10-24-9-11)7-19-22(28)20-17(27)4-12(26)5-18(20)30-19/h2-10,25-27H,1H3/b19-7-. The Kier molecular flexibility index (Phi) is 3.92. The highest BCUT2D eigenvalue weighted by Gasteiger charge is 2.32. The van der Waals surface area contributed by atoms with Gasteiger partial charge in [0.25, 0.3) is 0 Å². The van der Waals surface area contributed by atoms with E-state index in [0.717, 1.165) is 22.5 Å². The highest BCUT2D eigenvalue weighted by molar-refractivity contribution is 6.17. The summed E-state index contributed by atoms with van der Waals surface area (Å²) in [5.41, 5.74) is 2.94. The Morgan fingerprint density at radius 2 is 1.93 bits per heavy atom. The second kappa shape index (κ2) is 6.63. The van der Waals surface area contributed by atoms with Crippen LogP contribution in [0, 0.1) is 0 Å². The molecule has 30 heavy (non-hydrogen) atoms. The predicted molar refractivity (Wildman–Crippen MR) is 109 cm³/mol. The van der Waals surface area contributed by atoms with Gasteiger partial charge in [0.2, 0.25) is 5.78 Å². The van der Waals surface area contributed by atoms with Gasteiger partial charge in [0.05, 0.1) is 12.8 Å². The van der Waals surface area contributed by atoms with E-state index in [1.54, 1.807) is 25.6 Å². The SMILES string of the molecule is COc1ccc2[nH]c(-c3cncnc3)c(/C=C3\Oc4cc(O)cc(O)c4C3=O)c2c1. The van der Waals surface area contributed by atoms with Crippen molar-refractivity contribution in [3.63, 3.8) is 0 Å². The van der Waals surface area contributed by atoms with Gasteiger partial charge in [-0.1, -0.05) is 0 Å². The van der Waals surface area contributed by atoms with Crippen molar-refractivity contribution in [2.45, 2.75) is 0 Å². The predicted octanol–water partition coefficient (Wildman–Crippen LogP) is 3.66. The molecule has 0 aliphatic carbocycles. The summed E-state index contributed by atoms with van der Waals surface area (Å²) in [4.78, 5) is 24.3. The summed E-state index contributed by atoms with van der Waals surface area (Å²) in [6, 6.07) is 7.94. The number of hydrogen-bond donors (Lipinski definition) is 3. The van der Waals surface area contributed by atoms with E-state index in [-0.39, 0.29) is 28.6 Å². The summed E-state index contributed by atoms with van der Waals surface area (Å²) in [5, 5.41) is 20.6. The molecule has 0 atom stereocenters. The number of carbonyl (C=O) groups excluding carboxylic acids is 1. The van der Waals surface area contributed by atoms with Crippen LogP contribution in [-0.2, 0) is 0 Å². The maximum atomic E-state index is 12.9. The molecule has 2 aromatic carbocycles. The molecule has 8 nitrogen and oxygen atoms in total. The molecule has 8 heteroatoms. The molecule has 1 aliphatic rings. The molecular formula is C22H15N3O5. The number of fused-ring (bicyclic) bond motifs is 2. The van der Waals surface area contributed by atoms with Crippen LogP contribution in [0.3, 0.4) is 0 Å². The number of H-pyrrole nitrogens is 1. The third-order valence-electron chi connectivity index (χ3n) is 4.91. The van der Waals surface area contributed by atoms with Crippen LogP contribution in [0.5, 0.6) is 23.0 Å². The van der Waals surface area contributed by atoms with Crippen molar-refractivity contribution in [3.05, 3.63) is 65.9 Å². The first-order valence-electron chi connectivity index (χ1n) is 9.00. The summed E-state index contributed by atoms with van der Waals surface area (Å²) < 4.78 is 11.0. The van der Waals surface area contributed by atoms with Crippen molar-refractivity contribution in [1.82, 2.24) is 15.0 Å². The number of allylic oxidation sites excluding steroid dienone is 1. The van der Waals surface area contributed by atoms with Crippen molar-refractivity contribution in [2.24, 2.45) is 0 Å². The highest BCUT2D eigenvalue weighted by atomic mass is 16.5. The minimum atomic E-state index is -0.477. The van der Waals surface area contributed by atoms with E-state index in [1.165, 1.54) is 12.4 Å². The van der Waals surface area contributed by atoms with E-state index in [0.29, 0.717) is 17.0 Å². The number of ketones is 1. The molecule has 0 saturated heterocycles. The number of rotatable bonds is 3. The minimum Gasteiger partial charge on any atom is -0.508 e. The number of ether oxygens (including phenoxy) is 2. The molecule has 3 N–H and O–H groups in total. The van der Waals surface area contributed by atoms with Crippen LogP contribution in [0.4, 0.5) is 0 Å². The number of aromatic hydroxyl groups is 2. The smallest absolute Gasteiger partial charge is 0.235 e. The average molecular weight is 401 g/mol. The Hall–Kier alpha value is -4.33. The van der Waals surface area contributed by atoms with Crippen molar-refractivity contribution in [1.29, 1.82) is 0 Å². The topological polar surface area (TPSA) is 118 Å². The molecular weight excluding hydrogens is 386 g/mol. The number of methoxy groups -OCH3 is 1. The van der Waals surface area contributed by atoms with Gasteiger partial charge in [-0.2, -0.15) is 0 Å². The number of nitrogens with zero attached hydrogens (tertiary/aromatic N) is 2. The van der Waals surface area contributed by atoms with E-state index in [2.05, 4.69) is 15.0 Å². The molecule has 0 amide bonds. The number of aromatic nitrogens is 3. The largest absolute Gasteiger partial charge is 0.508 e. The van der Waals surface area contributed by atoms with Crippen molar-refractivity contribution >= 4 is 22.8 Å². The van der Waals surface area contributed by atoms with Crippen molar-refractivity contribution in [3.8, 4) is 34.3 Å². The van der Waals surface area contributed by atoms with Gasteiger partial charge in [0.15, 0.2) is 5.76 Å². The van der Waals surface area contributed by atoms with Crippen LogP contribution in [0.1, 0.15) is 15.9 Å². The van der Waals surface area contributed by atoms with Crippen LogP contribution in [0.15, 0.2) is 54.8 Å². The average Bonchev–Trinajstić information content (AvgIpc) is 3.26. The van der Waals surface area contributed by atoms with Gasteiger partial charge in [0, 0.05) is 46.6 Å². The Balaban J connectivity index is 1.72. The number of carbonyl (C=O) groups is 1. The third kappa shape index (κ3) is 2.74. The zero-order valence-corrected chi connectivity index (χ0v) is 15.7. The number of phenolic OH excluding ortho intramolecular Hbond substituents is 2. The van der Waals surface area contributed by atoms with E-state index < -0.39 is 5.78 Å². The fourth-order valence-electron chi connectivity index (χ4n) is 3.53. The normalized spacial score (nSPS) is 14.2. The zero-order chi connectivity index (χ0) is 20.8. The van der Waals surface area contributed by atoms with Crippen molar-refractivity contribution < 1.29 is 24.5 Å². The molecule has 0 spiro atoms. The summed E-state index contributed by atoms with van der Waals surface area (Å²) >= 11 is 0. The van der Waals surface area contributed by atoms with Crippen LogP contribution < -0.4 is 9.47 Å².